The van der Waals surface area contributed by atoms with Crippen LogP contribution in [-0.4, -0.2) is 22.7 Å². The van der Waals surface area contributed by atoms with Crippen LogP contribution in [-0.2, 0) is 12.8 Å². The number of carboxylic acids is 1. The zero-order valence-corrected chi connectivity index (χ0v) is 12.0. The molecule has 2 aromatic rings. The number of hydrogen-bond donors (Lipinski definition) is 1. The highest BCUT2D eigenvalue weighted by Gasteiger charge is 2.22. The molecule has 0 fully saturated rings. The van der Waals surface area contributed by atoms with E-state index in [1.807, 2.05) is 32.0 Å². The minimum Gasteiger partial charge on any atom is -0.493 e. The third-order valence-electron chi connectivity index (χ3n) is 3.43. The number of rotatable bonds is 4. The monoisotopic (exact) mass is 287 g/mol. The molecule has 0 aliphatic carbocycles. The van der Waals surface area contributed by atoms with Gasteiger partial charge >= 0.3 is 5.97 Å². The lowest BCUT2D eigenvalue weighted by atomic mass is 10.1. The highest BCUT2D eigenvalue weighted by atomic mass is 16.5. The number of oxazole rings is 1. The second-order valence-corrected chi connectivity index (χ2v) is 5.62. The summed E-state index contributed by atoms with van der Waals surface area (Å²) in [4.78, 5) is 15.7. The van der Waals surface area contributed by atoms with E-state index in [0.29, 0.717) is 30.5 Å². The van der Waals surface area contributed by atoms with Gasteiger partial charge in [-0.2, -0.15) is 0 Å². The Morgan fingerprint density at radius 3 is 2.95 bits per heavy atom. The second kappa shape index (κ2) is 5.24. The number of nitrogens with zero attached hydrogens (tertiary/aromatic N) is 1. The topological polar surface area (TPSA) is 72.6 Å². The van der Waals surface area contributed by atoms with Gasteiger partial charge in [0, 0.05) is 12.0 Å². The quantitative estimate of drug-likeness (QED) is 0.935. The molecule has 0 radical (unpaired) electrons. The molecule has 0 saturated carbocycles. The molecule has 1 aliphatic heterocycles. The van der Waals surface area contributed by atoms with Gasteiger partial charge in [-0.1, -0.05) is 13.8 Å². The summed E-state index contributed by atoms with van der Waals surface area (Å²) in [6.45, 7) is 4.72. The van der Waals surface area contributed by atoms with Crippen molar-refractivity contribution < 1.29 is 19.1 Å². The molecule has 0 saturated heterocycles. The summed E-state index contributed by atoms with van der Waals surface area (Å²) in [5, 5.41) is 9.24. The Kier molecular flexibility index (Phi) is 3.41. The van der Waals surface area contributed by atoms with Gasteiger partial charge in [-0.25, -0.2) is 9.78 Å². The van der Waals surface area contributed by atoms with Crippen molar-refractivity contribution in [3.05, 3.63) is 35.2 Å². The van der Waals surface area contributed by atoms with Crippen molar-refractivity contribution in [1.29, 1.82) is 0 Å². The first kappa shape index (κ1) is 13.7. The summed E-state index contributed by atoms with van der Waals surface area (Å²) in [5.41, 5.74) is 2.40. The van der Waals surface area contributed by atoms with Gasteiger partial charge in [0.05, 0.1) is 12.3 Å². The lowest BCUT2D eigenvalue weighted by molar-refractivity contribution is 0.0661. The number of carbonyl (C=O) groups is 1. The summed E-state index contributed by atoms with van der Waals surface area (Å²) in [6, 6.07) is 5.68. The van der Waals surface area contributed by atoms with E-state index in [4.69, 9.17) is 9.15 Å². The van der Waals surface area contributed by atoms with Gasteiger partial charge in [0.15, 0.2) is 0 Å². The van der Waals surface area contributed by atoms with Crippen molar-refractivity contribution in [2.24, 2.45) is 5.92 Å². The molecule has 0 amide bonds. The third-order valence-corrected chi connectivity index (χ3v) is 3.43. The maximum atomic E-state index is 11.3. The van der Waals surface area contributed by atoms with Crippen LogP contribution in [0.5, 0.6) is 5.75 Å². The molecule has 5 heteroatoms. The fraction of sp³-hybridized carbons (Fsp3) is 0.375. The molecule has 21 heavy (non-hydrogen) atoms. The molecule has 1 aromatic heterocycles. The highest BCUT2D eigenvalue weighted by molar-refractivity contribution is 5.86. The molecule has 0 bridgehead atoms. The molecule has 0 atom stereocenters. The normalized spacial score (nSPS) is 13.3. The van der Waals surface area contributed by atoms with E-state index in [-0.39, 0.29) is 5.76 Å². The lowest BCUT2D eigenvalue weighted by Crippen LogP contribution is -2.03. The molecule has 0 spiro atoms. The Labute approximate surface area is 122 Å². The first-order chi connectivity index (χ1) is 10.0. The van der Waals surface area contributed by atoms with Crippen molar-refractivity contribution in [3.8, 4) is 17.2 Å². The number of ether oxygens (including phenoxy) is 1. The Morgan fingerprint density at radius 1 is 1.43 bits per heavy atom. The Bertz CT molecular complexity index is 688. The predicted octanol–water partition coefficient (Wildman–Crippen LogP) is 3.17. The summed E-state index contributed by atoms with van der Waals surface area (Å²) >= 11 is 0. The third kappa shape index (κ3) is 2.63. The van der Waals surface area contributed by atoms with E-state index < -0.39 is 5.97 Å². The van der Waals surface area contributed by atoms with Crippen LogP contribution in [0.2, 0.25) is 0 Å². The molecule has 0 unspecified atom stereocenters. The smallest absolute Gasteiger partial charge is 0.373 e. The van der Waals surface area contributed by atoms with E-state index in [9.17, 15) is 9.90 Å². The maximum absolute atomic E-state index is 11.3. The van der Waals surface area contributed by atoms with Gasteiger partial charge in [0.25, 0.3) is 0 Å². The molecule has 1 N–H and O–H groups in total. The van der Waals surface area contributed by atoms with Crippen molar-refractivity contribution in [2.45, 2.75) is 26.7 Å². The van der Waals surface area contributed by atoms with Crippen molar-refractivity contribution in [1.82, 2.24) is 4.98 Å². The van der Waals surface area contributed by atoms with Crippen molar-refractivity contribution >= 4 is 5.97 Å². The van der Waals surface area contributed by atoms with Crippen LogP contribution in [0, 0.1) is 5.92 Å². The van der Waals surface area contributed by atoms with E-state index in [2.05, 4.69) is 4.98 Å². The zero-order chi connectivity index (χ0) is 15.0. The minimum absolute atomic E-state index is 0.0598. The Balaban J connectivity index is 2.00. The molecule has 3 rings (SSSR count). The molecular weight excluding hydrogens is 270 g/mol. The van der Waals surface area contributed by atoms with Crippen LogP contribution in [0.1, 0.15) is 35.7 Å². The molecule has 2 heterocycles. The molecular formula is C16H17NO4. The number of hydrogen-bond acceptors (Lipinski definition) is 4. The Hall–Kier alpha value is -2.30. The van der Waals surface area contributed by atoms with Crippen molar-refractivity contribution in [2.75, 3.05) is 6.61 Å². The molecule has 1 aromatic carbocycles. The molecule has 1 aliphatic rings. The van der Waals surface area contributed by atoms with Gasteiger partial charge in [0.1, 0.15) is 5.75 Å². The van der Waals surface area contributed by atoms with Crippen LogP contribution in [0.3, 0.4) is 0 Å². The van der Waals surface area contributed by atoms with Gasteiger partial charge in [0.2, 0.25) is 11.7 Å². The van der Waals surface area contributed by atoms with E-state index >= 15 is 0 Å². The van der Waals surface area contributed by atoms with Gasteiger partial charge < -0.3 is 14.3 Å². The summed E-state index contributed by atoms with van der Waals surface area (Å²) in [6.07, 6.45) is 1.44. The fourth-order valence-corrected chi connectivity index (χ4v) is 2.49. The van der Waals surface area contributed by atoms with Crippen LogP contribution in [0.25, 0.3) is 11.5 Å². The van der Waals surface area contributed by atoms with Crippen molar-refractivity contribution in [3.63, 3.8) is 0 Å². The van der Waals surface area contributed by atoms with E-state index in [1.54, 1.807) is 0 Å². The molecule has 110 valence electrons. The predicted molar refractivity (Wildman–Crippen MR) is 76.6 cm³/mol. The van der Waals surface area contributed by atoms with Gasteiger partial charge in [-0.15, -0.1) is 0 Å². The fourth-order valence-electron chi connectivity index (χ4n) is 2.49. The average Bonchev–Trinajstić information content (AvgIpc) is 3.03. The zero-order valence-electron chi connectivity index (χ0n) is 12.0. The number of fused-ring (bicyclic) bond motifs is 1. The summed E-state index contributed by atoms with van der Waals surface area (Å²) < 4.78 is 10.9. The Morgan fingerprint density at radius 2 is 2.24 bits per heavy atom. The van der Waals surface area contributed by atoms with Crippen LogP contribution < -0.4 is 4.74 Å². The summed E-state index contributed by atoms with van der Waals surface area (Å²) in [5.74, 6) is 0.419. The first-order valence-corrected chi connectivity index (χ1v) is 7.03. The number of aromatic carboxylic acids is 1. The maximum Gasteiger partial charge on any atom is 0.373 e. The lowest BCUT2D eigenvalue weighted by Gasteiger charge is -2.00. The van der Waals surface area contributed by atoms with Crippen LogP contribution in [0.4, 0.5) is 0 Å². The van der Waals surface area contributed by atoms with E-state index in [0.717, 1.165) is 23.3 Å². The van der Waals surface area contributed by atoms with Crippen LogP contribution >= 0.6 is 0 Å². The van der Waals surface area contributed by atoms with E-state index in [1.165, 1.54) is 0 Å². The SMILES string of the molecule is CC(C)Cc1nc(-c2ccc3c(c2)CCO3)oc1C(=O)O. The van der Waals surface area contributed by atoms with Gasteiger partial charge in [-0.05, 0) is 36.1 Å². The van der Waals surface area contributed by atoms with Crippen LogP contribution in [0.15, 0.2) is 22.6 Å². The number of benzene rings is 1. The minimum atomic E-state index is -1.08. The highest BCUT2D eigenvalue weighted by Crippen LogP contribution is 2.31. The number of carboxylic acid groups (broad SMARTS) is 1. The first-order valence-electron chi connectivity index (χ1n) is 7.03. The molecule has 5 nitrogen and oxygen atoms in total. The summed E-state index contributed by atoms with van der Waals surface area (Å²) in [7, 11) is 0. The average molecular weight is 287 g/mol. The second-order valence-electron chi connectivity index (χ2n) is 5.62. The largest absolute Gasteiger partial charge is 0.493 e. The standard InChI is InChI=1S/C16H17NO4/c1-9(2)7-12-14(16(18)19)21-15(17-12)11-3-4-13-10(8-11)5-6-20-13/h3-4,8-9H,5-7H2,1-2H3,(H,18,19). The van der Waals surface area contributed by atoms with Gasteiger partial charge in [-0.3, -0.25) is 0 Å². The number of aromatic nitrogens is 1.